The van der Waals surface area contributed by atoms with E-state index in [9.17, 15) is 10.4 Å². The molecule has 3 aromatic rings. The van der Waals surface area contributed by atoms with E-state index in [0.29, 0.717) is 15.4 Å². The van der Waals surface area contributed by atoms with Gasteiger partial charge in [-0.2, -0.15) is 0 Å². The number of anilines is 3. The Morgan fingerprint density at radius 3 is 2.52 bits per heavy atom. The molecule has 0 radical (unpaired) electrons. The largest absolute Gasteiger partial charge is 0.739 e. The molecule has 2 N–H and O–H groups in total. The summed E-state index contributed by atoms with van der Waals surface area (Å²) >= 11 is 0. The van der Waals surface area contributed by atoms with Crippen molar-refractivity contribution in [2.24, 2.45) is 0 Å². The molecule has 1 saturated heterocycles. The molecule has 1 aromatic carbocycles. The number of pyridine rings is 1. The molecular formula is C16H17N7O2. The molecule has 1 fully saturated rings. The standard InChI is InChI=1S/C16H17N7O2/c24-22-13-3-1-2-4-14(13)23(25)20-16(22)19-15-6-5-12(11-18-15)21-9-7-17-8-10-21/h1-6,11,17H,7-10H2,(H,18,19,20). The van der Waals surface area contributed by atoms with Crippen LogP contribution in [0.25, 0.3) is 11.0 Å². The summed E-state index contributed by atoms with van der Waals surface area (Å²) in [4.78, 5) is 6.99. The van der Waals surface area contributed by atoms with Gasteiger partial charge in [0.15, 0.2) is 11.3 Å². The second kappa shape index (κ2) is 6.36. The van der Waals surface area contributed by atoms with E-state index in [1.54, 1.807) is 36.5 Å². The lowest BCUT2D eigenvalue weighted by atomic mass is 10.3. The predicted octanol–water partition coefficient (Wildman–Crippen LogP) is 0.0498. The van der Waals surface area contributed by atoms with Crippen LogP contribution in [0.5, 0.6) is 0 Å². The first-order chi connectivity index (χ1) is 12.2. The lowest BCUT2D eigenvalue weighted by molar-refractivity contribution is -0.672. The Kier molecular flexibility index (Phi) is 3.90. The highest BCUT2D eigenvalue weighted by atomic mass is 16.5. The third kappa shape index (κ3) is 2.96. The molecule has 0 amide bonds. The fraction of sp³-hybridized carbons (Fsp3) is 0.250. The number of fused-ring (bicyclic) bond motifs is 1. The lowest BCUT2D eigenvalue weighted by Gasteiger charge is -2.29. The summed E-state index contributed by atoms with van der Waals surface area (Å²) in [5, 5.41) is 34.2. The Balaban J connectivity index is 1.60. The van der Waals surface area contributed by atoms with Gasteiger partial charge >= 0.3 is 5.95 Å². The zero-order valence-electron chi connectivity index (χ0n) is 13.4. The Morgan fingerprint density at radius 2 is 1.80 bits per heavy atom. The van der Waals surface area contributed by atoms with Crippen molar-refractivity contribution in [3.05, 3.63) is 53.0 Å². The molecule has 9 nitrogen and oxygen atoms in total. The Morgan fingerprint density at radius 1 is 1.04 bits per heavy atom. The topological polar surface area (TPSA) is 107 Å². The lowest BCUT2D eigenvalue weighted by Crippen LogP contribution is -2.44. The van der Waals surface area contributed by atoms with Crippen LogP contribution in [0.2, 0.25) is 0 Å². The van der Waals surface area contributed by atoms with Gasteiger partial charge in [-0.05, 0) is 18.2 Å². The summed E-state index contributed by atoms with van der Waals surface area (Å²) in [5.74, 6) is 0.336. The number of rotatable bonds is 3. The van der Waals surface area contributed by atoms with Gasteiger partial charge in [-0.25, -0.2) is 15.0 Å². The molecule has 0 aliphatic carbocycles. The molecule has 3 heterocycles. The summed E-state index contributed by atoms with van der Waals surface area (Å²) in [6.45, 7) is 3.75. The maximum atomic E-state index is 12.4. The van der Waals surface area contributed by atoms with Crippen LogP contribution in [0.3, 0.4) is 0 Å². The van der Waals surface area contributed by atoms with Gasteiger partial charge in [0.25, 0.3) is 5.52 Å². The third-order valence-corrected chi connectivity index (χ3v) is 4.15. The normalized spacial score (nSPS) is 14.6. The van der Waals surface area contributed by atoms with Crippen molar-refractivity contribution in [3.63, 3.8) is 0 Å². The molecular weight excluding hydrogens is 322 g/mol. The van der Waals surface area contributed by atoms with Crippen LogP contribution < -0.4 is 25.1 Å². The molecule has 25 heavy (non-hydrogen) atoms. The molecule has 9 heteroatoms. The number of aromatic nitrogens is 4. The summed E-state index contributed by atoms with van der Waals surface area (Å²) < 4.78 is 0.593. The number of nitrogens with one attached hydrogen (secondary N) is 2. The van der Waals surface area contributed by atoms with Gasteiger partial charge in [-0.3, -0.25) is 0 Å². The average molecular weight is 339 g/mol. The summed E-state index contributed by atoms with van der Waals surface area (Å²) in [6.07, 6.45) is 1.75. The minimum Gasteiger partial charge on any atom is -0.739 e. The van der Waals surface area contributed by atoms with Gasteiger partial charge in [-0.15, -0.1) is 0 Å². The Labute approximate surface area is 143 Å². The van der Waals surface area contributed by atoms with Gasteiger partial charge in [0, 0.05) is 37.1 Å². The highest BCUT2D eigenvalue weighted by molar-refractivity contribution is 5.67. The zero-order chi connectivity index (χ0) is 17.2. The van der Waals surface area contributed by atoms with Crippen molar-refractivity contribution < 1.29 is 9.58 Å². The molecule has 0 spiro atoms. The number of hydrogen-bond donors (Lipinski definition) is 2. The summed E-state index contributed by atoms with van der Waals surface area (Å²) in [5.41, 5.74) is 1.48. The molecule has 0 saturated carbocycles. The highest BCUT2D eigenvalue weighted by Crippen LogP contribution is 2.17. The first-order valence-corrected chi connectivity index (χ1v) is 8.03. The summed E-state index contributed by atoms with van der Waals surface area (Å²) in [7, 11) is 0. The van der Waals surface area contributed by atoms with E-state index in [4.69, 9.17) is 0 Å². The number of benzene rings is 1. The molecule has 4 rings (SSSR count). The molecule has 0 bridgehead atoms. The number of nitrogens with zero attached hydrogens (tertiary/aromatic N) is 5. The molecule has 2 aromatic heterocycles. The Bertz CT molecular complexity index is 895. The number of hydrogen-bond acceptors (Lipinski definition) is 7. The predicted molar refractivity (Wildman–Crippen MR) is 92.3 cm³/mol. The number of para-hydroxylation sites is 2. The van der Waals surface area contributed by atoms with Gasteiger partial charge in [0.05, 0.1) is 11.9 Å². The van der Waals surface area contributed by atoms with Crippen LogP contribution in [0, 0.1) is 10.4 Å². The van der Waals surface area contributed by atoms with Crippen LogP contribution in [0.1, 0.15) is 0 Å². The Hall–Kier alpha value is -3.20. The molecule has 1 aliphatic heterocycles. The van der Waals surface area contributed by atoms with E-state index in [1.807, 2.05) is 6.07 Å². The SMILES string of the molecule is [O-][n+]1nc(Nc2ccc(N3CCNCC3)cn2)[n+]([O-])c2ccccc21. The zero-order valence-corrected chi connectivity index (χ0v) is 13.4. The van der Waals surface area contributed by atoms with E-state index < -0.39 is 0 Å². The van der Waals surface area contributed by atoms with E-state index >= 15 is 0 Å². The number of piperazine rings is 1. The second-order valence-electron chi connectivity index (χ2n) is 5.74. The van der Waals surface area contributed by atoms with Gasteiger partial charge < -0.3 is 20.6 Å². The minimum absolute atomic E-state index is 0.115. The second-order valence-corrected chi connectivity index (χ2v) is 5.74. The molecule has 1 aliphatic rings. The van der Waals surface area contributed by atoms with E-state index in [0.717, 1.165) is 31.9 Å². The monoisotopic (exact) mass is 339 g/mol. The van der Waals surface area contributed by atoms with E-state index in [2.05, 4.69) is 25.6 Å². The molecule has 0 unspecified atom stereocenters. The van der Waals surface area contributed by atoms with Crippen LogP contribution in [0.4, 0.5) is 17.5 Å². The molecule has 0 atom stereocenters. The van der Waals surface area contributed by atoms with Gasteiger partial charge in [0.2, 0.25) is 5.10 Å². The van der Waals surface area contributed by atoms with Crippen molar-refractivity contribution >= 4 is 28.5 Å². The minimum atomic E-state index is -0.115. The fourth-order valence-electron chi connectivity index (χ4n) is 2.85. The van der Waals surface area contributed by atoms with Crippen molar-refractivity contribution in [2.75, 3.05) is 36.4 Å². The maximum absolute atomic E-state index is 12.4. The first kappa shape index (κ1) is 15.3. The molecule has 128 valence electrons. The van der Waals surface area contributed by atoms with Crippen molar-refractivity contribution in [3.8, 4) is 0 Å². The average Bonchev–Trinajstić information content (AvgIpc) is 2.67. The quantitative estimate of drug-likeness (QED) is 0.513. The third-order valence-electron chi connectivity index (χ3n) is 4.15. The first-order valence-electron chi connectivity index (χ1n) is 8.03. The maximum Gasteiger partial charge on any atom is 0.467 e. The fourth-order valence-corrected chi connectivity index (χ4v) is 2.85. The highest BCUT2D eigenvalue weighted by Gasteiger charge is 2.20. The van der Waals surface area contributed by atoms with Crippen LogP contribution in [-0.4, -0.2) is 36.3 Å². The van der Waals surface area contributed by atoms with Gasteiger partial charge in [-0.1, -0.05) is 12.1 Å². The van der Waals surface area contributed by atoms with Crippen LogP contribution >= 0.6 is 0 Å². The van der Waals surface area contributed by atoms with E-state index in [1.165, 1.54) is 0 Å². The van der Waals surface area contributed by atoms with Gasteiger partial charge in [0.1, 0.15) is 0 Å². The van der Waals surface area contributed by atoms with E-state index in [-0.39, 0.29) is 17.0 Å². The van der Waals surface area contributed by atoms with Crippen molar-refractivity contribution in [2.45, 2.75) is 0 Å². The van der Waals surface area contributed by atoms with Crippen LogP contribution in [0.15, 0.2) is 42.6 Å². The van der Waals surface area contributed by atoms with Crippen LogP contribution in [-0.2, 0) is 0 Å². The van der Waals surface area contributed by atoms with Crippen molar-refractivity contribution in [1.82, 2.24) is 15.4 Å². The summed E-state index contributed by atoms with van der Waals surface area (Å²) in [6, 6.07) is 10.2. The van der Waals surface area contributed by atoms with Crippen molar-refractivity contribution in [1.29, 1.82) is 0 Å². The smallest absolute Gasteiger partial charge is 0.467 e.